The Morgan fingerprint density at radius 1 is 0.800 bits per heavy atom. The minimum Gasteiger partial charge on any atom is -0.326 e. The van der Waals surface area contributed by atoms with Gasteiger partial charge in [-0.2, -0.15) is 0 Å². The van der Waals surface area contributed by atoms with E-state index in [0.29, 0.717) is 41.2 Å². The van der Waals surface area contributed by atoms with Gasteiger partial charge in [0.1, 0.15) is 6.17 Å². The van der Waals surface area contributed by atoms with Crippen LogP contribution in [0.3, 0.4) is 0 Å². The van der Waals surface area contributed by atoms with Crippen LogP contribution in [0.2, 0.25) is 0 Å². The van der Waals surface area contributed by atoms with Crippen LogP contribution in [0, 0.1) is 0 Å². The van der Waals surface area contributed by atoms with Crippen LogP contribution < -0.4 is 15.5 Å². The Hall–Kier alpha value is -4.46. The highest BCUT2D eigenvalue weighted by Gasteiger charge is 2.47. The number of anilines is 3. The summed E-state index contributed by atoms with van der Waals surface area (Å²) in [5.41, 5.74) is 3.74. The molecule has 3 aromatic carbocycles. The molecule has 2 aliphatic heterocycles. The van der Waals surface area contributed by atoms with Crippen molar-refractivity contribution in [3.8, 4) is 0 Å². The zero-order chi connectivity index (χ0) is 24.5. The standard InChI is InChI=1S/C27H24N4O4/c1-17(32)28-18-12-14-19(15-13-18)29-24(33)11-6-16-30-25-20-7-2-3-8-21(20)27(35)31(25)23-10-5-4-9-22(23)26(30)34/h2-5,7-10,12-15,25H,6,11,16H2,1H3,(H,28,32)(H,29,33)/t25-/m1/s1. The van der Waals surface area contributed by atoms with E-state index < -0.39 is 6.17 Å². The second-order valence-corrected chi connectivity index (χ2v) is 8.56. The Morgan fingerprint density at radius 3 is 2.14 bits per heavy atom. The Bertz CT molecular complexity index is 1340. The van der Waals surface area contributed by atoms with Crippen molar-refractivity contribution in [3.63, 3.8) is 0 Å². The number of benzene rings is 3. The highest BCUT2D eigenvalue weighted by Crippen LogP contribution is 2.45. The van der Waals surface area contributed by atoms with Crippen molar-refractivity contribution < 1.29 is 19.2 Å². The number of nitrogens with zero attached hydrogens (tertiary/aromatic N) is 2. The first-order chi connectivity index (χ1) is 16.9. The molecule has 35 heavy (non-hydrogen) atoms. The monoisotopic (exact) mass is 468 g/mol. The minimum absolute atomic E-state index is 0.129. The third-order valence-corrected chi connectivity index (χ3v) is 6.17. The molecule has 176 valence electrons. The lowest BCUT2D eigenvalue weighted by Gasteiger charge is -2.41. The number of nitrogens with one attached hydrogen (secondary N) is 2. The van der Waals surface area contributed by atoms with Crippen LogP contribution >= 0.6 is 0 Å². The van der Waals surface area contributed by atoms with Gasteiger partial charge in [0.05, 0.1) is 11.3 Å². The van der Waals surface area contributed by atoms with Gasteiger partial charge in [-0.05, 0) is 48.9 Å². The van der Waals surface area contributed by atoms with E-state index in [1.807, 2.05) is 24.3 Å². The van der Waals surface area contributed by atoms with E-state index in [1.54, 1.807) is 58.3 Å². The zero-order valence-corrected chi connectivity index (χ0v) is 19.2. The van der Waals surface area contributed by atoms with Crippen LogP contribution in [-0.4, -0.2) is 35.1 Å². The molecule has 1 atom stereocenters. The van der Waals surface area contributed by atoms with Gasteiger partial charge < -0.3 is 15.5 Å². The van der Waals surface area contributed by atoms with E-state index in [4.69, 9.17) is 0 Å². The molecule has 4 amide bonds. The van der Waals surface area contributed by atoms with Gasteiger partial charge >= 0.3 is 0 Å². The van der Waals surface area contributed by atoms with Gasteiger partial charge in [0, 0.05) is 42.4 Å². The molecule has 0 aliphatic carbocycles. The normalized spacial score (nSPS) is 15.9. The fourth-order valence-corrected chi connectivity index (χ4v) is 4.67. The van der Waals surface area contributed by atoms with Crippen LogP contribution in [0.5, 0.6) is 0 Å². The van der Waals surface area contributed by atoms with E-state index in [-0.39, 0.29) is 30.0 Å². The topological polar surface area (TPSA) is 98.8 Å². The summed E-state index contributed by atoms with van der Waals surface area (Å²) in [6.45, 7) is 1.76. The molecule has 2 heterocycles. The van der Waals surface area contributed by atoms with Crippen molar-refractivity contribution in [1.29, 1.82) is 0 Å². The predicted octanol–water partition coefficient (Wildman–Crippen LogP) is 4.18. The summed E-state index contributed by atoms with van der Waals surface area (Å²) in [7, 11) is 0. The van der Waals surface area contributed by atoms with Crippen LogP contribution in [-0.2, 0) is 9.59 Å². The van der Waals surface area contributed by atoms with E-state index in [2.05, 4.69) is 10.6 Å². The van der Waals surface area contributed by atoms with Crippen molar-refractivity contribution in [2.24, 2.45) is 0 Å². The molecule has 0 fully saturated rings. The van der Waals surface area contributed by atoms with Crippen LogP contribution in [0.15, 0.2) is 72.8 Å². The summed E-state index contributed by atoms with van der Waals surface area (Å²) < 4.78 is 0. The maximum atomic E-state index is 13.4. The summed E-state index contributed by atoms with van der Waals surface area (Å²) in [5.74, 6) is -0.625. The zero-order valence-electron chi connectivity index (χ0n) is 19.2. The number of rotatable bonds is 6. The fourth-order valence-electron chi connectivity index (χ4n) is 4.67. The third-order valence-electron chi connectivity index (χ3n) is 6.17. The Morgan fingerprint density at radius 2 is 1.43 bits per heavy atom. The summed E-state index contributed by atoms with van der Waals surface area (Å²) in [4.78, 5) is 53.7. The predicted molar refractivity (Wildman–Crippen MR) is 132 cm³/mol. The molecule has 3 aromatic rings. The summed E-state index contributed by atoms with van der Waals surface area (Å²) in [6, 6.07) is 21.3. The molecule has 8 heteroatoms. The van der Waals surface area contributed by atoms with Crippen molar-refractivity contribution >= 4 is 40.7 Å². The fraction of sp³-hybridized carbons (Fsp3) is 0.185. The van der Waals surface area contributed by atoms with Crippen molar-refractivity contribution in [2.45, 2.75) is 25.9 Å². The molecule has 0 saturated heterocycles. The van der Waals surface area contributed by atoms with Gasteiger partial charge in [0.15, 0.2) is 0 Å². The number of amides is 4. The molecule has 0 unspecified atom stereocenters. The quantitative estimate of drug-likeness (QED) is 0.567. The van der Waals surface area contributed by atoms with Crippen LogP contribution in [0.25, 0.3) is 0 Å². The molecule has 5 rings (SSSR count). The van der Waals surface area contributed by atoms with E-state index in [1.165, 1.54) is 6.92 Å². The molecule has 0 radical (unpaired) electrons. The molecular formula is C27H24N4O4. The van der Waals surface area contributed by atoms with Gasteiger partial charge in [0.25, 0.3) is 11.8 Å². The SMILES string of the molecule is CC(=O)Nc1ccc(NC(=O)CCCN2C(=O)c3ccccc3N3C(=O)c4ccccc4[C@H]23)cc1. The van der Waals surface area contributed by atoms with Crippen LogP contribution in [0.1, 0.15) is 52.2 Å². The highest BCUT2D eigenvalue weighted by molar-refractivity contribution is 6.16. The number of carbonyl (C=O) groups is 4. The maximum absolute atomic E-state index is 13.4. The number of fused-ring (bicyclic) bond motifs is 5. The Balaban J connectivity index is 1.29. The van der Waals surface area contributed by atoms with Gasteiger partial charge in [0.2, 0.25) is 11.8 Å². The average molecular weight is 469 g/mol. The largest absolute Gasteiger partial charge is 0.326 e. The van der Waals surface area contributed by atoms with Crippen molar-refractivity contribution in [1.82, 2.24) is 4.90 Å². The molecule has 2 aliphatic rings. The first kappa shape index (κ1) is 22.3. The molecule has 8 nitrogen and oxygen atoms in total. The lowest BCUT2D eigenvalue weighted by molar-refractivity contribution is -0.116. The van der Waals surface area contributed by atoms with Gasteiger partial charge in [-0.3, -0.25) is 24.1 Å². The maximum Gasteiger partial charge on any atom is 0.260 e. The Labute approximate surface area is 202 Å². The van der Waals surface area contributed by atoms with Gasteiger partial charge in [-0.1, -0.05) is 30.3 Å². The summed E-state index contributed by atoms with van der Waals surface area (Å²) in [6.07, 6.45) is 0.122. The minimum atomic E-state index is -0.523. The average Bonchev–Trinajstić information content (AvgIpc) is 3.15. The second-order valence-electron chi connectivity index (χ2n) is 8.56. The molecule has 0 aromatic heterocycles. The van der Waals surface area contributed by atoms with Crippen LogP contribution in [0.4, 0.5) is 17.1 Å². The number of carbonyl (C=O) groups excluding carboxylic acids is 4. The third kappa shape index (κ3) is 4.14. The van der Waals surface area contributed by atoms with Crippen molar-refractivity contribution in [3.05, 3.63) is 89.5 Å². The van der Waals surface area contributed by atoms with Crippen molar-refractivity contribution in [2.75, 3.05) is 22.1 Å². The molecule has 0 spiro atoms. The van der Waals surface area contributed by atoms with E-state index in [9.17, 15) is 19.2 Å². The van der Waals surface area contributed by atoms with Gasteiger partial charge in [-0.25, -0.2) is 0 Å². The molecule has 2 N–H and O–H groups in total. The van der Waals surface area contributed by atoms with E-state index in [0.717, 1.165) is 5.56 Å². The summed E-state index contributed by atoms with van der Waals surface area (Å²) in [5, 5.41) is 5.52. The number of para-hydroxylation sites is 1. The number of hydrogen-bond acceptors (Lipinski definition) is 4. The molecular weight excluding hydrogens is 444 g/mol. The number of hydrogen-bond donors (Lipinski definition) is 2. The highest BCUT2D eigenvalue weighted by atomic mass is 16.2. The Kier molecular flexibility index (Phi) is 5.78. The lowest BCUT2D eigenvalue weighted by atomic mass is 10.0. The molecule has 0 bridgehead atoms. The summed E-state index contributed by atoms with van der Waals surface area (Å²) >= 11 is 0. The smallest absolute Gasteiger partial charge is 0.260 e. The molecule has 0 saturated carbocycles. The van der Waals surface area contributed by atoms with Gasteiger partial charge in [-0.15, -0.1) is 0 Å². The first-order valence-corrected chi connectivity index (χ1v) is 11.4. The second kappa shape index (κ2) is 9.06. The van der Waals surface area contributed by atoms with E-state index >= 15 is 0 Å². The lowest BCUT2D eigenvalue weighted by Crippen LogP contribution is -2.48. The first-order valence-electron chi connectivity index (χ1n) is 11.4.